The molecule has 2 aliphatic carbocycles. The smallest absolute Gasteiger partial charge is 0.307 e. The molecule has 1 aromatic rings. The third-order valence-corrected chi connectivity index (χ3v) is 7.01. The molecule has 0 aromatic heterocycles. The lowest BCUT2D eigenvalue weighted by atomic mass is 9.78. The molecule has 2 heterocycles. The summed E-state index contributed by atoms with van der Waals surface area (Å²) in [4.78, 5) is 29.1. The van der Waals surface area contributed by atoms with Gasteiger partial charge in [-0.25, -0.2) is 0 Å². The molecule has 1 saturated heterocycles. The van der Waals surface area contributed by atoms with E-state index in [-0.39, 0.29) is 30.5 Å². The van der Waals surface area contributed by atoms with Gasteiger partial charge in [-0.2, -0.15) is 0 Å². The van der Waals surface area contributed by atoms with Crippen molar-refractivity contribution in [1.82, 2.24) is 9.80 Å². The zero-order valence-electron chi connectivity index (χ0n) is 15.9. The van der Waals surface area contributed by atoms with Crippen molar-refractivity contribution in [1.29, 1.82) is 0 Å². The van der Waals surface area contributed by atoms with Crippen molar-refractivity contribution in [3.63, 3.8) is 0 Å². The maximum Gasteiger partial charge on any atom is 0.307 e. The summed E-state index contributed by atoms with van der Waals surface area (Å²) >= 11 is 0. The minimum absolute atomic E-state index is 0.0716. The standard InChI is InChI=1S/C21H26N2O5/c24-20(18-14-2-3-15(10-14)19(18)21(25)26)23-7-5-22(6-8-23)11-13-1-4-16-17(9-13)28-12-27-16/h1,4,9,14-15,18-19H,2-3,5-8,10-12H2,(H,25,26)/t14-,15-,18+,19-/m0/s1. The second kappa shape index (κ2) is 6.95. The Bertz CT molecular complexity index is 789. The van der Waals surface area contributed by atoms with Gasteiger partial charge in [0.2, 0.25) is 12.7 Å². The lowest BCUT2D eigenvalue weighted by molar-refractivity contribution is -0.153. The molecule has 1 N–H and O–H groups in total. The second-order valence-electron chi connectivity index (χ2n) is 8.51. The Morgan fingerprint density at radius 2 is 1.71 bits per heavy atom. The van der Waals surface area contributed by atoms with Crippen molar-refractivity contribution in [3.05, 3.63) is 23.8 Å². The van der Waals surface area contributed by atoms with Gasteiger partial charge in [0, 0.05) is 32.7 Å². The topological polar surface area (TPSA) is 79.3 Å². The van der Waals surface area contributed by atoms with E-state index < -0.39 is 11.9 Å². The van der Waals surface area contributed by atoms with E-state index in [1.807, 2.05) is 17.0 Å². The number of nitrogens with zero attached hydrogens (tertiary/aromatic N) is 2. The quantitative estimate of drug-likeness (QED) is 0.850. The highest BCUT2D eigenvalue weighted by molar-refractivity contribution is 5.86. The van der Waals surface area contributed by atoms with Crippen molar-refractivity contribution in [2.45, 2.75) is 25.8 Å². The Kier molecular flexibility index (Phi) is 4.42. The van der Waals surface area contributed by atoms with Crippen LogP contribution in [-0.2, 0) is 16.1 Å². The van der Waals surface area contributed by atoms with Gasteiger partial charge in [-0.3, -0.25) is 14.5 Å². The van der Waals surface area contributed by atoms with Gasteiger partial charge in [-0.05, 0) is 48.8 Å². The van der Waals surface area contributed by atoms with Crippen LogP contribution < -0.4 is 9.47 Å². The fourth-order valence-electron chi connectivity index (χ4n) is 5.64. The number of aliphatic carboxylic acids is 1. The molecule has 0 unspecified atom stereocenters. The van der Waals surface area contributed by atoms with Crippen molar-refractivity contribution in [3.8, 4) is 11.5 Å². The molecule has 0 spiro atoms. The van der Waals surface area contributed by atoms with E-state index in [1.165, 1.54) is 5.56 Å². The molecule has 2 aliphatic heterocycles. The number of hydrogen-bond donors (Lipinski definition) is 1. The SMILES string of the molecule is O=C(O)[C@H]1[C@H]2CC[C@@H](C2)[C@H]1C(=O)N1CCN(Cc2ccc3c(c2)OCO3)CC1. The summed E-state index contributed by atoms with van der Waals surface area (Å²) in [7, 11) is 0. The van der Waals surface area contributed by atoms with E-state index in [0.717, 1.165) is 50.4 Å². The van der Waals surface area contributed by atoms with Gasteiger partial charge in [0.05, 0.1) is 11.8 Å². The molecule has 2 saturated carbocycles. The molecule has 28 heavy (non-hydrogen) atoms. The van der Waals surface area contributed by atoms with E-state index in [0.29, 0.717) is 13.1 Å². The highest BCUT2D eigenvalue weighted by Gasteiger charge is 2.54. The van der Waals surface area contributed by atoms with Gasteiger partial charge < -0.3 is 19.5 Å². The van der Waals surface area contributed by atoms with Crippen LogP contribution in [0.25, 0.3) is 0 Å². The predicted molar refractivity (Wildman–Crippen MR) is 99.9 cm³/mol. The number of rotatable bonds is 4. The van der Waals surface area contributed by atoms with Crippen molar-refractivity contribution >= 4 is 11.9 Å². The van der Waals surface area contributed by atoms with Crippen LogP contribution in [0.15, 0.2) is 18.2 Å². The van der Waals surface area contributed by atoms with Crippen LogP contribution in [0.4, 0.5) is 0 Å². The van der Waals surface area contributed by atoms with Gasteiger partial charge in [0.15, 0.2) is 11.5 Å². The second-order valence-corrected chi connectivity index (χ2v) is 8.51. The average Bonchev–Trinajstić information content (AvgIpc) is 3.43. The molecule has 4 atom stereocenters. The van der Waals surface area contributed by atoms with E-state index in [2.05, 4.69) is 11.0 Å². The van der Waals surface area contributed by atoms with Crippen LogP contribution in [0.2, 0.25) is 0 Å². The molecule has 0 radical (unpaired) electrons. The van der Waals surface area contributed by atoms with Crippen molar-refractivity contribution < 1.29 is 24.2 Å². The summed E-state index contributed by atoms with van der Waals surface area (Å²) < 4.78 is 10.8. The van der Waals surface area contributed by atoms with Crippen molar-refractivity contribution in [2.24, 2.45) is 23.7 Å². The maximum absolute atomic E-state index is 13.1. The fourth-order valence-corrected chi connectivity index (χ4v) is 5.64. The number of carbonyl (C=O) groups excluding carboxylic acids is 1. The molecule has 1 amide bonds. The number of carbonyl (C=O) groups is 2. The monoisotopic (exact) mass is 386 g/mol. The number of carboxylic acid groups (broad SMARTS) is 1. The molecule has 7 heteroatoms. The highest BCUT2D eigenvalue weighted by Crippen LogP contribution is 2.53. The summed E-state index contributed by atoms with van der Waals surface area (Å²) in [5.41, 5.74) is 1.17. The van der Waals surface area contributed by atoms with Gasteiger partial charge >= 0.3 is 5.97 Å². The molecule has 150 valence electrons. The van der Waals surface area contributed by atoms with Crippen LogP contribution in [0.1, 0.15) is 24.8 Å². The van der Waals surface area contributed by atoms with E-state index in [1.54, 1.807) is 0 Å². The molecule has 1 aromatic carbocycles. The first-order chi connectivity index (χ1) is 13.6. The predicted octanol–water partition coefficient (Wildman–Crippen LogP) is 1.81. The first-order valence-corrected chi connectivity index (χ1v) is 10.2. The summed E-state index contributed by atoms with van der Waals surface area (Å²) in [6, 6.07) is 6.02. The molecular weight excluding hydrogens is 360 g/mol. The Morgan fingerprint density at radius 3 is 2.46 bits per heavy atom. The van der Waals surface area contributed by atoms with Crippen molar-refractivity contribution in [2.75, 3.05) is 33.0 Å². The zero-order chi connectivity index (χ0) is 19.3. The third kappa shape index (κ3) is 3.02. The summed E-state index contributed by atoms with van der Waals surface area (Å²) in [6.45, 7) is 4.04. The van der Waals surface area contributed by atoms with Gasteiger partial charge in [-0.15, -0.1) is 0 Å². The van der Waals surface area contributed by atoms with Crippen LogP contribution >= 0.6 is 0 Å². The van der Waals surface area contributed by atoms with Gasteiger partial charge in [0.1, 0.15) is 0 Å². The Hall–Kier alpha value is -2.28. The molecular formula is C21H26N2O5. The largest absolute Gasteiger partial charge is 0.481 e. The number of piperazine rings is 1. The Morgan fingerprint density at radius 1 is 1.00 bits per heavy atom. The first kappa shape index (κ1) is 17.8. The summed E-state index contributed by atoms with van der Waals surface area (Å²) in [5, 5.41) is 9.63. The van der Waals surface area contributed by atoms with Crippen LogP contribution in [0, 0.1) is 23.7 Å². The minimum Gasteiger partial charge on any atom is -0.481 e. The fraction of sp³-hybridized carbons (Fsp3) is 0.619. The summed E-state index contributed by atoms with van der Waals surface area (Å²) in [5.74, 6) is 0.554. The lowest BCUT2D eigenvalue weighted by Crippen LogP contribution is -2.52. The molecule has 5 rings (SSSR count). The number of amides is 1. The number of ether oxygens (including phenoxy) is 2. The van der Waals surface area contributed by atoms with E-state index >= 15 is 0 Å². The first-order valence-electron chi connectivity index (χ1n) is 10.2. The summed E-state index contributed by atoms with van der Waals surface area (Å²) in [6.07, 6.45) is 2.89. The Balaban J connectivity index is 1.19. The third-order valence-electron chi connectivity index (χ3n) is 7.01. The molecule has 3 fully saturated rings. The number of fused-ring (bicyclic) bond motifs is 3. The molecule has 4 aliphatic rings. The maximum atomic E-state index is 13.1. The van der Waals surface area contributed by atoms with E-state index in [4.69, 9.17) is 9.47 Å². The number of benzene rings is 1. The molecule has 7 nitrogen and oxygen atoms in total. The zero-order valence-corrected chi connectivity index (χ0v) is 15.9. The average molecular weight is 386 g/mol. The number of hydrogen-bond acceptors (Lipinski definition) is 5. The van der Waals surface area contributed by atoms with Crippen LogP contribution in [-0.4, -0.2) is 59.8 Å². The highest BCUT2D eigenvalue weighted by atomic mass is 16.7. The van der Waals surface area contributed by atoms with Gasteiger partial charge in [-0.1, -0.05) is 6.07 Å². The lowest BCUT2D eigenvalue weighted by Gasteiger charge is -2.38. The normalized spacial score (nSPS) is 31.4. The van der Waals surface area contributed by atoms with E-state index in [9.17, 15) is 14.7 Å². The van der Waals surface area contributed by atoms with Crippen LogP contribution in [0.5, 0.6) is 11.5 Å². The minimum atomic E-state index is -0.785. The number of carboxylic acids is 1. The van der Waals surface area contributed by atoms with Gasteiger partial charge in [0.25, 0.3) is 0 Å². The molecule has 2 bridgehead atoms. The Labute approximate surface area is 164 Å². The van der Waals surface area contributed by atoms with Crippen LogP contribution in [0.3, 0.4) is 0 Å².